The average Bonchev–Trinajstić information content (AvgIpc) is 0. The Hall–Kier alpha value is 2.45. The van der Waals surface area contributed by atoms with Gasteiger partial charge in [0.15, 0.2) is 0 Å². The average molecular weight is 589 g/mol. The predicted octanol–water partition coefficient (Wildman–Crippen LogP) is -1.36. The van der Waals surface area contributed by atoms with Gasteiger partial charge in [-0.05, 0) is 0 Å². The van der Waals surface area contributed by atoms with Crippen molar-refractivity contribution in [2.75, 3.05) is 0 Å². The van der Waals surface area contributed by atoms with Crippen LogP contribution in [0.4, 0.5) is 0 Å². The molecule has 0 aromatic heterocycles. The van der Waals surface area contributed by atoms with Gasteiger partial charge in [-0.1, -0.05) is 0 Å². The summed E-state index contributed by atoms with van der Waals surface area (Å²) >= 11 is 0. The van der Waals surface area contributed by atoms with Crippen LogP contribution in [0.5, 0.6) is 0 Å². The Morgan fingerprint density at radius 2 is 0.375 bits per heavy atom. The van der Waals surface area contributed by atoms with E-state index in [-0.39, 0.29) is 106 Å². The van der Waals surface area contributed by atoms with Gasteiger partial charge in [-0.25, -0.2) is 0 Å². The van der Waals surface area contributed by atoms with Crippen LogP contribution in [-0.2, 0) is 53.6 Å². The van der Waals surface area contributed by atoms with Crippen molar-refractivity contribution < 1.29 is 53.6 Å². The molecule has 0 N–H and O–H groups in total. The van der Waals surface area contributed by atoms with E-state index >= 15 is 0 Å². The normalized spacial score (nSPS) is 0. The Bertz CT molecular complexity index is 10.4. The molecule has 0 aliphatic carbocycles. The number of rotatable bonds is 0. The summed E-state index contributed by atoms with van der Waals surface area (Å²) in [5, 5.41) is 0. The van der Waals surface area contributed by atoms with Crippen LogP contribution in [0.1, 0.15) is 0 Å². The Morgan fingerprint density at radius 1 is 0.375 bits per heavy atom. The molecule has 50 valence electrons. The molecule has 0 spiro atoms. The van der Waals surface area contributed by atoms with Crippen LogP contribution in [0.3, 0.4) is 0 Å². The minimum Gasteiger partial charge on any atom is -2.00 e. The van der Waals surface area contributed by atoms with Crippen molar-refractivity contribution in [3.63, 3.8) is 0 Å². The molecule has 8 heteroatoms. The summed E-state index contributed by atoms with van der Waals surface area (Å²) in [6.45, 7) is 0. The summed E-state index contributed by atoms with van der Waals surface area (Å²) in [5.41, 5.74) is 0. The minimum atomic E-state index is 0. The van der Waals surface area contributed by atoms with Gasteiger partial charge in [0.25, 0.3) is 0 Å². The zero-order valence-electron chi connectivity index (χ0n) is 3.44. The number of hydrogen-bond donors (Lipinski definition) is 0. The van der Waals surface area contributed by atoms with Crippen molar-refractivity contribution in [2.45, 2.75) is 0 Å². The zero-order chi connectivity index (χ0) is 0. The fraction of sp³-hybridized carbons (Fsp3) is 0. The SMILES string of the molecule is [Bi].[Bi].[O-2].[O-2].[O-2].[O-2].[O-2].[Zr+4]. The molecule has 0 saturated heterocycles. The van der Waals surface area contributed by atoms with Crippen LogP contribution in [-0.4, -0.2) is 52.4 Å². The quantitative estimate of drug-likeness (QED) is 0.308. The molecule has 0 rings (SSSR count). The van der Waals surface area contributed by atoms with Gasteiger partial charge in [-0.15, -0.1) is 0 Å². The van der Waals surface area contributed by atoms with Crippen LogP contribution in [0, 0.1) is 0 Å². The Kier molecular flexibility index (Phi) is 2190. The Morgan fingerprint density at radius 3 is 0.375 bits per heavy atom. The van der Waals surface area contributed by atoms with Gasteiger partial charge in [0.05, 0.1) is 0 Å². The van der Waals surface area contributed by atoms with Crippen molar-refractivity contribution >= 4 is 52.4 Å². The zero-order valence-corrected chi connectivity index (χ0v) is 12.8. The second-order valence-corrected chi connectivity index (χ2v) is 0. The van der Waals surface area contributed by atoms with E-state index in [1.807, 2.05) is 0 Å². The molecule has 0 aromatic rings. The second-order valence-electron chi connectivity index (χ2n) is 0. The van der Waals surface area contributed by atoms with Crippen molar-refractivity contribution in [1.82, 2.24) is 0 Å². The maximum Gasteiger partial charge on any atom is 4.00 e. The van der Waals surface area contributed by atoms with Gasteiger partial charge in [-0.3, -0.25) is 0 Å². The third-order valence-electron chi connectivity index (χ3n) is 0. The topological polar surface area (TPSA) is 142 Å². The second kappa shape index (κ2) is 112. The first-order valence-electron chi connectivity index (χ1n) is 0. The van der Waals surface area contributed by atoms with E-state index in [4.69, 9.17) is 0 Å². The van der Waals surface area contributed by atoms with Crippen LogP contribution in [0.15, 0.2) is 0 Å². The van der Waals surface area contributed by atoms with Crippen LogP contribution < -0.4 is 0 Å². The summed E-state index contributed by atoms with van der Waals surface area (Å²) in [5.74, 6) is 0. The molecule has 0 heterocycles. The summed E-state index contributed by atoms with van der Waals surface area (Å²) in [7, 11) is 0. The molecule has 0 aromatic carbocycles. The maximum absolute atomic E-state index is 0. The van der Waals surface area contributed by atoms with Crippen molar-refractivity contribution in [3.8, 4) is 0 Å². The Balaban J connectivity index is 0. The molecule has 0 aliphatic rings. The molecule has 0 unspecified atom stereocenters. The van der Waals surface area contributed by atoms with Gasteiger partial charge in [0, 0.05) is 52.4 Å². The van der Waals surface area contributed by atoms with Gasteiger partial charge in [0.1, 0.15) is 0 Å². The molecule has 6 radical (unpaired) electrons. The first-order chi connectivity index (χ1) is 0. The predicted molar refractivity (Wildman–Crippen MR) is 14.9 cm³/mol. The number of hydrogen-bond acceptors (Lipinski definition) is 0. The standard InChI is InChI=1S/2Bi.5O.Zr/q;;5*-2;+4. The molecule has 0 amide bonds. The monoisotopic (exact) mass is 588 g/mol. The Labute approximate surface area is 105 Å². The van der Waals surface area contributed by atoms with Crippen molar-refractivity contribution in [1.29, 1.82) is 0 Å². The molecule has 0 bridgehead atoms. The molecule has 0 fully saturated rings. The first-order valence-corrected chi connectivity index (χ1v) is 0. The molecule has 5 nitrogen and oxygen atoms in total. The van der Waals surface area contributed by atoms with Gasteiger partial charge in [0.2, 0.25) is 0 Å². The van der Waals surface area contributed by atoms with E-state index in [9.17, 15) is 0 Å². The maximum atomic E-state index is 0. The first kappa shape index (κ1) is 156. The van der Waals surface area contributed by atoms with Crippen LogP contribution in [0.25, 0.3) is 0 Å². The molecule has 0 saturated carbocycles. The van der Waals surface area contributed by atoms with Crippen LogP contribution in [0.2, 0.25) is 0 Å². The van der Waals surface area contributed by atoms with Gasteiger partial charge in [-0.2, -0.15) is 0 Å². The minimum absolute atomic E-state index is 0. The molecular formula is Bi2O5Zr-6. The van der Waals surface area contributed by atoms with E-state index in [1.165, 1.54) is 0 Å². The third-order valence-corrected chi connectivity index (χ3v) is 0. The van der Waals surface area contributed by atoms with E-state index in [1.54, 1.807) is 0 Å². The van der Waals surface area contributed by atoms with Crippen molar-refractivity contribution in [3.05, 3.63) is 0 Å². The fourth-order valence-electron chi connectivity index (χ4n) is 0. The molecule has 0 atom stereocenters. The van der Waals surface area contributed by atoms with E-state index < -0.39 is 0 Å². The third kappa shape index (κ3) is 78.2. The molecular weight excluding hydrogens is 589 g/mol. The van der Waals surface area contributed by atoms with Crippen molar-refractivity contribution in [2.24, 2.45) is 0 Å². The van der Waals surface area contributed by atoms with E-state index in [0.29, 0.717) is 0 Å². The summed E-state index contributed by atoms with van der Waals surface area (Å²) in [6, 6.07) is 0. The largest absolute Gasteiger partial charge is 4.00 e. The van der Waals surface area contributed by atoms with Crippen LogP contribution >= 0.6 is 0 Å². The summed E-state index contributed by atoms with van der Waals surface area (Å²) in [4.78, 5) is 0. The van der Waals surface area contributed by atoms with Gasteiger partial charge < -0.3 is 27.4 Å². The summed E-state index contributed by atoms with van der Waals surface area (Å²) < 4.78 is 0. The fourth-order valence-corrected chi connectivity index (χ4v) is 0. The van der Waals surface area contributed by atoms with E-state index in [0.717, 1.165) is 0 Å². The molecule has 8 heavy (non-hydrogen) atoms. The smallest absolute Gasteiger partial charge is 2.00 e. The van der Waals surface area contributed by atoms with Gasteiger partial charge >= 0.3 is 26.2 Å². The summed E-state index contributed by atoms with van der Waals surface area (Å²) in [6.07, 6.45) is 0. The molecule has 0 aliphatic heterocycles. The van der Waals surface area contributed by atoms with E-state index in [2.05, 4.69) is 0 Å².